The van der Waals surface area contributed by atoms with Gasteiger partial charge in [-0.05, 0) is 20.2 Å². The number of aromatic amines is 1. The number of aromatic nitrogens is 2. The van der Waals surface area contributed by atoms with Crippen LogP contribution < -0.4 is 16.7 Å². The number of nitrogen functional groups attached to an aromatic ring is 1. The molecule has 0 saturated carbocycles. The largest absolute Gasteiger partial charge is 0.383 e. The SMILES string of the molecule is C=C(/N=C\c1[nH]c(=O)n(Cc2ccccc2F)c1N)NCCN(C)C. The van der Waals surface area contributed by atoms with Gasteiger partial charge in [0.15, 0.2) is 0 Å². The molecule has 0 amide bonds. The summed E-state index contributed by atoms with van der Waals surface area (Å²) < 4.78 is 15.0. The number of nitrogens with two attached hydrogens (primary N) is 1. The molecule has 25 heavy (non-hydrogen) atoms. The Labute approximate surface area is 145 Å². The van der Waals surface area contributed by atoms with E-state index in [1.54, 1.807) is 18.2 Å². The Kier molecular flexibility index (Phi) is 6.13. The first-order valence-electron chi connectivity index (χ1n) is 7.81. The average molecular weight is 346 g/mol. The monoisotopic (exact) mass is 346 g/mol. The van der Waals surface area contributed by atoms with E-state index in [0.717, 1.165) is 6.54 Å². The van der Waals surface area contributed by atoms with Crippen molar-refractivity contribution in [3.63, 3.8) is 0 Å². The summed E-state index contributed by atoms with van der Waals surface area (Å²) in [5.74, 6) is 0.269. The van der Waals surface area contributed by atoms with Gasteiger partial charge in [0, 0.05) is 18.7 Å². The normalized spacial score (nSPS) is 11.4. The molecule has 134 valence electrons. The van der Waals surface area contributed by atoms with Gasteiger partial charge in [0.05, 0.1) is 12.8 Å². The minimum Gasteiger partial charge on any atom is -0.383 e. The molecule has 0 aliphatic rings. The summed E-state index contributed by atoms with van der Waals surface area (Å²) in [6.45, 7) is 5.37. The molecule has 4 N–H and O–H groups in total. The summed E-state index contributed by atoms with van der Waals surface area (Å²) in [5.41, 5.74) is 6.31. The van der Waals surface area contributed by atoms with Crippen molar-refractivity contribution in [2.24, 2.45) is 4.99 Å². The maximum atomic E-state index is 13.8. The van der Waals surface area contributed by atoms with E-state index in [-0.39, 0.29) is 18.2 Å². The summed E-state index contributed by atoms with van der Waals surface area (Å²) in [6, 6.07) is 6.25. The Morgan fingerprint density at radius 3 is 2.88 bits per heavy atom. The van der Waals surface area contributed by atoms with Crippen LogP contribution in [0.3, 0.4) is 0 Å². The lowest BCUT2D eigenvalue weighted by Gasteiger charge is -2.10. The Morgan fingerprint density at radius 2 is 2.20 bits per heavy atom. The topological polar surface area (TPSA) is 91.4 Å². The number of likely N-dealkylation sites (N-methyl/N-ethyl adjacent to an activating group) is 1. The van der Waals surface area contributed by atoms with Crippen molar-refractivity contribution < 1.29 is 4.39 Å². The van der Waals surface area contributed by atoms with E-state index in [0.29, 0.717) is 23.6 Å². The standard InChI is InChI=1S/C17H23FN6O/c1-12(20-8-9-23(2)3)21-10-15-16(19)24(17(25)22-15)11-13-6-4-5-7-14(13)18/h4-7,10,20H,1,8-9,11,19H2,2-3H3,(H,22,25)/b21-10-. The van der Waals surface area contributed by atoms with Crippen LogP contribution in [0.4, 0.5) is 10.2 Å². The average Bonchev–Trinajstić information content (AvgIpc) is 2.82. The van der Waals surface area contributed by atoms with Gasteiger partial charge in [0.2, 0.25) is 0 Å². The van der Waals surface area contributed by atoms with Crippen LogP contribution in [0.5, 0.6) is 0 Å². The summed E-state index contributed by atoms with van der Waals surface area (Å²) >= 11 is 0. The third-order valence-corrected chi connectivity index (χ3v) is 3.58. The molecule has 8 heteroatoms. The van der Waals surface area contributed by atoms with Crippen LogP contribution in [0.2, 0.25) is 0 Å². The van der Waals surface area contributed by atoms with E-state index in [4.69, 9.17) is 5.73 Å². The molecule has 1 aromatic carbocycles. The number of hydrogen-bond donors (Lipinski definition) is 3. The highest BCUT2D eigenvalue weighted by atomic mass is 19.1. The molecule has 0 spiro atoms. The predicted octanol–water partition coefficient (Wildman–Crippen LogP) is 0.987. The second-order valence-electron chi connectivity index (χ2n) is 5.84. The molecule has 0 radical (unpaired) electrons. The molecule has 0 saturated heterocycles. The molecule has 0 unspecified atom stereocenters. The minimum absolute atomic E-state index is 0.0453. The summed E-state index contributed by atoms with van der Waals surface area (Å²) in [6.07, 6.45) is 1.43. The summed E-state index contributed by atoms with van der Waals surface area (Å²) in [5, 5.41) is 3.05. The highest BCUT2D eigenvalue weighted by Crippen LogP contribution is 2.11. The van der Waals surface area contributed by atoms with E-state index in [9.17, 15) is 9.18 Å². The van der Waals surface area contributed by atoms with Crippen molar-refractivity contribution >= 4 is 12.0 Å². The number of anilines is 1. The van der Waals surface area contributed by atoms with Gasteiger partial charge in [-0.3, -0.25) is 4.57 Å². The first-order valence-corrected chi connectivity index (χ1v) is 7.81. The molecule has 0 aliphatic carbocycles. The maximum Gasteiger partial charge on any atom is 0.327 e. The number of rotatable bonds is 8. The predicted molar refractivity (Wildman–Crippen MR) is 98.3 cm³/mol. The molecular formula is C17H23FN6O. The smallest absolute Gasteiger partial charge is 0.327 e. The Balaban J connectivity index is 2.09. The number of halogens is 1. The number of nitrogens with one attached hydrogen (secondary N) is 2. The number of benzene rings is 1. The first-order chi connectivity index (χ1) is 11.9. The molecule has 2 aromatic rings. The summed E-state index contributed by atoms with van der Waals surface area (Å²) in [7, 11) is 3.94. The van der Waals surface area contributed by atoms with Gasteiger partial charge < -0.3 is 20.9 Å². The van der Waals surface area contributed by atoms with Crippen molar-refractivity contribution in [1.29, 1.82) is 0 Å². The van der Waals surface area contributed by atoms with Gasteiger partial charge in [-0.25, -0.2) is 14.2 Å². The van der Waals surface area contributed by atoms with Gasteiger partial charge in [0.1, 0.15) is 23.1 Å². The molecule has 0 atom stereocenters. The van der Waals surface area contributed by atoms with Crippen molar-refractivity contribution in [3.05, 3.63) is 64.2 Å². The molecular weight excluding hydrogens is 323 g/mol. The van der Waals surface area contributed by atoms with Crippen LogP contribution in [-0.2, 0) is 6.54 Å². The lowest BCUT2D eigenvalue weighted by Crippen LogP contribution is -2.25. The molecule has 0 bridgehead atoms. The van der Waals surface area contributed by atoms with Gasteiger partial charge in [-0.1, -0.05) is 24.8 Å². The van der Waals surface area contributed by atoms with Gasteiger partial charge in [-0.2, -0.15) is 0 Å². The fourth-order valence-electron chi connectivity index (χ4n) is 2.17. The van der Waals surface area contributed by atoms with Crippen LogP contribution in [0.15, 0.2) is 46.5 Å². The fourth-order valence-corrected chi connectivity index (χ4v) is 2.17. The van der Waals surface area contributed by atoms with Crippen LogP contribution >= 0.6 is 0 Å². The zero-order valence-electron chi connectivity index (χ0n) is 14.4. The molecule has 2 rings (SSSR count). The van der Waals surface area contributed by atoms with E-state index in [1.807, 2.05) is 19.0 Å². The number of imidazole rings is 1. The van der Waals surface area contributed by atoms with Crippen LogP contribution in [0, 0.1) is 5.82 Å². The van der Waals surface area contributed by atoms with Gasteiger partial charge >= 0.3 is 5.69 Å². The quantitative estimate of drug-likeness (QED) is 0.622. The fraction of sp³-hybridized carbons (Fsp3) is 0.294. The van der Waals surface area contributed by atoms with E-state index in [1.165, 1.54) is 16.8 Å². The second kappa shape index (κ2) is 8.29. The van der Waals surface area contributed by atoms with Crippen molar-refractivity contribution in [2.75, 3.05) is 32.9 Å². The Bertz CT molecular complexity index is 821. The molecule has 0 aliphatic heterocycles. The van der Waals surface area contributed by atoms with Gasteiger partial charge in [0.25, 0.3) is 0 Å². The van der Waals surface area contributed by atoms with Crippen LogP contribution in [0.25, 0.3) is 0 Å². The third-order valence-electron chi connectivity index (χ3n) is 3.58. The van der Waals surface area contributed by atoms with Crippen molar-refractivity contribution in [1.82, 2.24) is 19.8 Å². The number of nitrogens with zero attached hydrogens (tertiary/aromatic N) is 3. The molecule has 1 aromatic heterocycles. The minimum atomic E-state index is -0.423. The van der Waals surface area contributed by atoms with Crippen LogP contribution in [-0.4, -0.2) is 47.9 Å². The lowest BCUT2D eigenvalue weighted by molar-refractivity contribution is 0.408. The number of aliphatic imine (C=N–C) groups is 1. The van der Waals surface area contributed by atoms with Crippen molar-refractivity contribution in [3.8, 4) is 0 Å². The Morgan fingerprint density at radius 1 is 1.48 bits per heavy atom. The lowest BCUT2D eigenvalue weighted by atomic mass is 10.2. The molecule has 0 fully saturated rings. The highest BCUT2D eigenvalue weighted by Gasteiger charge is 2.11. The highest BCUT2D eigenvalue weighted by molar-refractivity contribution is 5.83. The maximum absolute atomic E-state index is 13.8. The van der Waals surface area contributed by atoms with Crippen LogP contribution in [0.1, 0.15) is 11.3 Å². The van der Waals surface area contributed by atoms with E-state index in [2.05, 4.69) is 21.9 Å². The second-order valence-corrected chi connectivity index (χ2v) is 5.84. The van der Waals surface area contributed by atoms with Gasteiger partial charge in [-0.15, -0.1) is 0 Å². The zero-order chi connectivity index (χ0) is 18.4. The van der Waals surface area contributed by atoms with E-state index < -0.39 is 5.69 Å². The number of hydrogen-bond acceptors (Lipinski definition) is 5. The summed E-state index contributed by atoms with van der Waals surface area (Å²) in [4.78, 5) is 20.9. The van der Waals surface area contributed by atoms with Crippen molar-refractivity contribution in [2.45, 2.75) is 6.54 Å². The third kappa shape index (κ3) is 5.05. The first kappa shape index (κ1) is 18.5. The Hall–Kier alpha value is -2.87. The number of H-pyrrole nitrogens is 1. The van der Waals surface area contributed by atoms with E-state index >= 15 is 0 Å². The molecule has 7 nitrogen and oxygen atoms in total. The molecule has 1 heterocycles. The zero-order valence-corrected chi connectivity index (χ0v) is 14.4.